The summed E-state index contributed by atoms with van der Waals surface area (Å²) in [7, 11) is 1.33. The van der Waals surface area contributed by atoms with E-state index in [0.29, 0.717) is 12.8 Å². The van der Waals surface area contributed by atoms with Gasteiger partial charge in [-0.25, -0.2) is 0 Å². The zero-order valence-electron chi connectivity index (χ0n) is 9.92. The first-order valence-electron chi connectivity index (χ1n) is 5.59. The van der Waals surface area contributed by atoms with Crippen molar-refractivity contribution in [2.24, 2.45) is 11.8 Å². The van der Waals surface area contributed by atoms with Gasteiger partial charge in [-0.05, 0) is 25.7 Å². The standard InChI is InChI=1S/C12H13F3N2O/c1-18-11(9(6-16)7-17)8-2-4-10(5-3-8)12(13,14)15/h8,10H,2-5H2,1H3/t8-,10-. The molecule has 6 heteroatoms. The minimum absolute atomic E-state index is 0.0190. The van der Waals surface area contributed by atoms with Crippen LogP contribution in [0, 0.1) is 34.5 Å². The summed E-state index contributed by atoms with van der Waals surface area (Å²) in [5.41, 5.74) is -0.145. The lowest BCUT2D eigenvalue weighted by Crippen LogP contribution is -2.28. The number of methoxy groups -OCH3 is 1. The van der Waals surface area contributed by atoms with Crippen LogP contribution >= 0.6 is 0 Å². The van der Waals surface area contributed by atoms with Gasteiger partial charge in [0.2, 0.25) is 0 Å². The summed E-state index contributed by atoms with van der Waals surface area (Å²) < 4.78 is 42.5. The molecule has 1 aliphatic rings. The van der Waals surface area contributed by atoms with Gasteiger partial charge in [0.1, 0.15) is 17.9 Å². The molecule has 0 saturated heterocycles. The first kappa shape index (κ1) is 14.4. The van der Waals surface area contributed by atoms with Crippen LogP contribution in [0.1, 0.15) is 25.7 Å². The van der Waals surface area contributed by atoms with E-state index >= 15 is 0 Å². The fourth-order valence-corrected chi connectivity index (χ4v) is 2.29. The fraction of sp³-hybridized carbons (Fsp3) is 0.667. The Morgan fingerprint density at radius 3 is 1.94 bits per heavy atom. The van der Waals surface area contributed by atoms with E-state index in [0.717, 1.165) is 0 Å². The summed E-state index contributed by atoms with van der Waals surface area (Å²) in [6.45, 7) is 0. The number of hydrogen-bond donors (Lipinski definition) is 0. The van der Waals surface area contributed by atoms with Crippen LogP contribution in [-0.2, 0) is 4.74 Å². The van der Waals surface area contributed by atoms with E-state index in [9.17, 15) is 13.2 Å². The molecule has 0 N–H and O–H groups in total. The molecule has 0 aromatic rings. The molecule has 0 unspecified atom stereocenters. The largest absolute Gasteiger partial charge is 0.499 e. The van der Waals surface area contributed by atoms with Crippen molar-refractivity contribution in [3.63, 3.8) is 0 Å². The molecule has 0 heterocycles. The molecule has 1 rings (SSSR count). The van der Waals surface area contributed by atoms with Crippen molar-refractivity contribution in [3.8, 4) is 12.1 Å². The Balaban J connectivity index is 2.77. The van der Waals surface area contributed by atoms with Gasteiger partial charge in [0.25, 0.3) is 0 Å². The van der Waals surface area contributed by atoms with E-state index in [2.05, 4.69) is 0 Å². The Morgan fingerprint density at radius 2 is 1.61 bits per heavy atom. The quantitative estimate of drug-likeness (QED) is 0.564. The Labute approximate surface area is 103 Å². The average molecular weight is 258 g/mol. The Morgan fingerprint density at radius 1 is 1.11 bits per heavy atom. The van der Waals surface area contributed by atoms with Crippen LogP contribution < -0.4 is 0 Å². The van der Waals surface area contributed by atoms with Gasteiger partial charge in [-0.15, -0.1) is 0 Å². The number of halogens is 3. The molecule has 1 saturated carbocycles. The molecule has 0 aliphatic heterocycles. The van der Waals surface area contributed by atoms with Gasteiger partial charge >= 0.3 is 6.18 Å². The third-order valence-corrected chi connectivity index (χ3v) is 3.25. The van der Waals surface area contributed by atoms with E-state index < -0.39 is 12.1 Å². The predicted octanol–water partition coefficient (Wildman–Crippen LogP) is 3.30. The van der Waals surface area contributed by atoms with Crippen molar-refractivity contribution < 1.29 is 17.9 Å². The van der Waals surface area contributed by atoms with Crippen LogP contribution in [-0.4, -0.2) is 13.3 Å². The van der Waals surface area contributed by atoms with E-state index in [-0.39, 0.29) is 30.1 Å². The molecule has 0 aromatic heterocycles. The summed E-state index contributed by atoms with van der Waals surface area (Å²) in [6.07, 6.45) is -3.54. The normalized spacial score (nSPS) is 23.7. The highest BCUT2D eigenvalue weighted by molar-refractivity contribution is 5.38. The molecular weight excluding hydrogens is 245 g/mol. The highest BCUT2D eigenvalue weighted by atomic mass is 19.4. The van der Waals surface area contributed by atoms with Gasteiger partial charge in [-0.3, -0.25) is 0 Å². The van der Waals surface area contributed by atoms with Crippen molar-refractivity contribution in [2.45, 2.75) is 31.9 Å². The second-order valence-corrected chi connectivity index (χ2v) is 4.26. The predicted molar refractivity (Wildman–Crippen MR) is 56.8 cm³/mol. The average Bonchev–Trinajstić information content (AvgIpc) is 2.35. The molecule has 0 aromatic carbocycles. The molecule has 0 atom stereocenters. The maximum Gasteiger partial charge on any atom is 0.391 e. The van der Waals surface area contributed by atoms with E-state index in [1.165, 1.54) is 7.11 Å². The van der Waals surface area contributed by atoms with E-state index in [1.54, 1.807) is 12.1 Å². The third-order valence-electron chi connectivity index (χ3n) is 3.25. The number of nitriles is 2. The van der Waals surface area contributed by atoms with Crippen LogP contribution in [0.15, 0.2) is 11.3 Å². The molecule has 0 spiro atoms. The second-order valence-electron chi connectivity index (χ2n) is 4.26. The second kappa shape index (κ2) is 5.77. The summed E-state index contributed by atoms with van der Waals surface area (Å²) in [6, 6.07) is 3.43. The number of ether oxygens (including phenoxy) is 1. The molecule has 0 amide bonds. The summed E-state index contributed by atoms with van der Waals surface area (Å²) in [4.78, 5) is 0. The smallest absolute Gasteiger partial charge is 0.391 e. The van der Waals surface area contributed by atoms with Crippen LogP contribution in [0.25, 0.3) is 0 Å². The maximum atomic E-state index is 12.5. The van der Waals surface area contributed by atoms with Gasteiger partial charge in [-0.2, -0.15) is 23.7 Å². The van der Waals surface area contributed by atoms with Crippen molar-refractivity contribution in [2.75, 3.05) is 7.11 Å². The van der Waals surface area contributed by atoms with Gasteiger partial charge in [-0.1, -0.05) is 0 Å². The highest BCUT2D eigenvalue weighted by Gasteiger charge is 2.42. The zero-order valence-corrected chi connectivity index (χ0v) is 9.92. The summed E-state index contributed by atoms with van der Waals surface area (Å²) in [5, 5.41) is 17.5. The minimum atomic E-state index is -4.16. The van der Waals surface area contributed by atoms with Crippen molar-refractivity contribution in [3.05, 3.63) is 11.3 Å². The van der Waals surface area contributed by atoms with Gasteiger partial charge in [0.05, 0.1) is 13.0 Å². The highest BCUT2D eigenvalue weighted by Crippen LogP contribution is 2.42. The van der Waals surface area contributed by atoms with Gasteiger partial charge < -0.3 is 4.74 Å². The molecule has 1 fully saturated rings. The van der Waals surface area contributed by atoms with E-state index in [4.69, 9.17) is 15.3 Å². The topological polar surface area (TPSA) is 56.8 Å². The number of allylic oxidation sites excluding steroid dienone is 2. The molecule has 3 nitrogen and oxygen atoms in total. The SMILES string of the molecule is COC(=C(C#N)C#N)[C@H]1CC[C@H](C(F)(F)F)CC1. The van der Waals surface area contributed by atoms with Gasteiger partial charge in [0, 0.05) is 5.92 Å². The molecular formula is C12H13F3N2O. The van der Waals surface area contributed by atoms with Crippen molar-refractivity contribution >= 4 is 0 Å². The summed E-state index contributed by atoms with van der Waals surface area (Å²) in [5.74, 6) is -1.32. The Bertz CT molecular complexity index is 391. The number of rotatable bonds is 2. The van der Waals surface area contributed by atoms with Crippen LogP contribution in [0.4, 0.5) is 13.2 Å². The number of alkyl halides is 3. The van der Waals surface area contributed by atoms with Crippen LogP contribution in [0.3, 0.4) is 0 Å². The van der Waals surface area contributed by atoms with Crippen LogP contribution in [0.2, 0.25) is 0 Å². The minimum Gasteiger partial charge on any atom is -0.499 e. The first-order chi connectivity index (χ1) is 8.43. The Hall–Kier alpha value is -1.69. The monoisotopic (exact) mass is 258 g/mol. The fourth-order valence-electron chi connectivity index (χ4n) is 2.29. The molecule has 98 valence electrons. The number of hydrogen-bond acceptors (Lipinski definition) is 3. The lowest BCUT2D eigenvalue weighted by atomic mass is 9.80. The van der Waals surface area contributed by atoms with E-state index in [1.807, 2.05) is 0 Å². The molecule has 1 aliphatic carbocycles. The first-order valence-corrected chi connectivity index (χ1v) is 5.59. The van der Waals surface area contributed by atoms with Crippen LogP contribution in [0.5, 0.6) is 0 Å². The lowest BCUT2D eigenvalue weighted by molar-refractivity contribution is -0.183. The van der Waals surface area contributed by atoms with Gasteiger partial charge in [0.15, 0.2) is 5.57 Å². The molecule has 0 radical (unpaired) electrons. The summed E-state index contributed by atoms with van der Waals surface area (Å²) >= 11 is 0. The third kappa shape index (κ3) is 3.16. The van der Waals surface area contributed by atoms with Crippen molar-refractivity contribution in [1.82, 2.24) is 0 Å². The Kier molecular flexibility index (Phi) is 4.61. The lowest BCUT2D eigenvalue weighted by Gasteiger charge is -2.30. The van der Waals surface area contributed by atoms with Crippen molar-refractivity contribution in [1.29, 1.82) is 10.5 Å². The molecule has 0 bridgehead atoms. The number of nitrogens with zero attached hydrogens (tertiary/aromatic N) is 2. The zero-order chi connectivity index (χ0) is 13.8. The molecule has 18 heavy (non-hydrogen) atoms. The maximum absolute atomic E-state index is 12.5.